The van der Waals surface area contributed by atoms with Gasteiger partial charge in [0.15, 0.2) is 0 Å². The first-order chi connectivity index (χ1) is 11.2. The van der Waals surface area contributed by atoms with Crippen LogP contribution in [0.2, 0.25) is 0 Å². The summed E-state index contributed by atoms with van der Waals surface area (Å²) in [4.78, 5) is 14.7. The number of H-pyrrole nitrogens is 1. The van der Waals surface area contributed by atoms with Gasteiger partial charge < -0.3 is 10.2 Å². The molecule has 3 rings (SSSR count). The maximum atomic E-state index is 14.0. The molecule has 0 aliphatic carbocycles. The van der Waals surface area contributed by atoms with Crippen molar-refractivity contribution in [1.82, 2.24) is 20.4 Å². The zero-order valence-corrected chi connectivity index (χ0v) is 14.4. The summed E-state index contributed by atoms with van der Waals surface area (Å²) in [5.41, 5.74) is 1.25. The second kappa shape index (κ2) is 8.26. The van der Waals surface area contributed by atoms with Crippen molar-refractivity contribution in [1.29, 1.82) is 0 Å². The maximum Gasteiger partial charge on any atom is 0.257 e. The second-order valence-electron chi connectivity index (χ2n) is 5.96. The molecule has 1 aliphatic rings. The number of amides is 1. The Morgan fingerprint density at radius 3 is 3.00 bits per heavy atom. The van der Waals surface area contributed by atoms with E-state index >= 15 is 0 Å². The van der Waals surface area contributed by atoms with Gasteiger partial charge in [-0.1, -0.05) is 12.1 Å². The molecule has 5 nitrogen and oxygen atoms in total. The number of aromatic nitrogens is 2. The van der Waals surface area contributed by atoms with E-state index in [1.165, 1.54) is 12.3 Å². The molecule has 1 atom stereocenters. The van der Waals surface area contributed by atoms with E-state index in [-0.39, 0.29) is 24.1 Å². The van der Waals surface area contributed by atoms with Crippen LogP contribution in [0, 0.1) is 11.7 Å². The lowest BCUT2D eigenvalue weighted by Crippen LogP contribution is -2.42. The fraction of sp³-hybridized carbons (Fsp3) is 0.412. The molecule has 1 aliphatic heterocycles. The zero-order valence-electron chi connectivity index (χ0n) is 13.6. The van der Waals surface area contributed by atoms with Gasteiger partial charge >= 0.3 is 0 Å². The SMILES string of the molecule is CNCC1CCCN(C(=O)c2cn[nH]c2-c2ccccc2F)C1.Cl. The molecule has 2 N–H and O–H groups in total. The Balaban J connectivity index is 0.00000208. The number of carbonyl (C=O) groups is 1. The summed E-state index contributed by atoms with van der Waals surface area (Å²) in [6.45, 7) is 2.36. The first kappa shape index (κ1) is 18.4. The van der Waals surface area contributed by atoms with Crippen molar-refractivity contribution in [3.63, 3.8) is 0 Å². The van der Waals surface area contributed by atoms with Gasteiger partial charge in [-0.2, -0.15) is 5.10 Å². The minimum absolute atomic E-state index is 0. The maximum absolute atomic E-state index is 14.0. The minimum Gasteiger partial charge on any atom is -0.338 e. The molecule has 24 heavy (non-hydrogen) atoms. The monoisotopic (exact) mass is 352 g/mol. The van der Waals surface area contributed by atoms with Crippen molar-refractivity contribution in [3.8, 4) is 11.3 Å². The van der Waals surface area contributed by atoms with Crippen LogP contribution < -0.4 is 5.32 Å². The van der Waals surface area contributed by atoms with E-state index in [0.29, 0.717) is 22.7 Å². The molecular weight excluding hydrogens is 331 g/mol. The van der Waals surface area contributed by atoms with Crippen molar-refractivity contribution in [3.05, 3.63) is 41.8 Å². The van der Waals surface area contributed by atoms with E-state index in [9.17, 15) is 9.18 Å². The second-order valence-corrected chi connectivity index (χ2v) is 5.96. The lowest BCUT2D eigenvalue weighted by atomic mass is 9.97. The number of hydrogen-bond acceptors (Lipinski definition) is 3. The molecule has 1 unspecified atom stereocenters. The number of nitrogens with zero attached hydrogens (tertiary/aromatic N) is 2. The lowest BCUT2D eigenvalue weighted by Gasteiger charge is -2.32. The van der Waals surface area contributed by atoms with Gasteiger partial charge in [0.25, 0.3) is 5.91 Å². The summed E-state index contributed by atoms with van der Waals surface area (Å²) in [5, 5.41) is 9.90. The van der Waals surface area contributed by atoms with E-state index in [1.807, 2.05) is 11.9 Å². The smallest absolute Gasteiger partial charge is 0.257 e. The molecule has 2 aromatic rings. The first-order valence-corrected chi connectivity index (χ1v) is 7.93. The molecule has 0 bridgehead atoms. The summed E-state index contributed by atoms with van der Waals surface area (Å²) in [7, 11) is 1.92. The fourth-order valence-corrected chi connectivity index (χ4v) is 3.19. The Labute approximate surface area is 147 Å². The van der Waals surface area contributed by atoms with E-state index in [4.69, 9.17) is 0 Å². The van der Waals surface area contributed by atoms with Crippen LogP contribution in [-0.4, -0.2) is 47.7 Å². The number of nitrogens with one attached hydrogen (secondary N) is 2. The van der Waals surface area contributed by atoms with Crippen molar-refractivity contribution < 1.29 is 9.18 Å². The highest BCUT2D eigenvalue weighted by atomic mass is 35.5. The predicted octanol–water partition coefficient (Wildman–Crippen LogP) is 2.71. The van der Waals surface area contributed by atoms with E-state index in [0.717, 1.165) is 32.5 Å². The van der Waals surface area contributed by atoms with Crippen LogP contribution in [0.3, 0.4) is 0 Å². The van der Waals surface area contributed by atoms with Crippen molar-refractivity contribution >= 4 is 18.3 Å². The van der Waals surface area contributed by atoms with Crippen LogP contribution in [0.15, 0.2) is 30.5 Å². The Bertz CT molecular complexity index is 689. The van der Waals surface area contributed by atoms with Gasteiger partial charge in [0.05, 0.1) is 17.5 Å². The molecule has 0 spiro atoms. The van der Waals surface area contributed by atoms with Crippen molar-refractivity contribution in [2.24, 2.45) is 5.92 Å². The zero-order chi connectivity index (χ0) is 16.2. The van der Waals surface area contributed by atoms with Gasteiger partial charge in [0, 0.05) is 18.7 Å². The third-order valence-electron chi connectivity index (χ3n) is 4.31. The average molecular weight is 353 g/mol. The first-order valence-electron chi connectivity index (χ1n) is 7.93. The number of aromatic amines is 1. The number of halogens is 2. The Morgan fingerprint density at radius 2 is 2.25 bits per heavy atom. The summed E-state index contributed by atoms with van der Waals surface area (Å²) in [6.07, 6.45) is 3.60. The highest BCUT2D eigenvalue weighted by Gasteiger charge is 2.27. The summed E-state index contributed by atoms with van der Waals surface area (Å²) in [6, 6.07) is 6.41. The topological polar surface area (TPSA) is 61.0 Å². The molecule has 1 aromatic heterocycles. The van der Waals surface area contributed by atoms with Gasteiger partial charge in [-0.05, 0) is 44.5 Å². The van der Waals surface area contributed by atoms with E-state index in [2.05, 4.69) is 15.5 Å². The molecule has 130 valence electrons. The summed E-state index contributed by atoms with van der Waals surface area (Å²) >= 11 is 0. The van der Waals surface area contributed by atoms with Crippen LogP contribution in [0.25, 0.3) is 11.3 Å². The summed E-state index contributed by atoms with van der Waals surface area (Å²) in [5.74, 6) is 0.0109. The highest BCUT2D eigenvalue weighted by molar-refractivity contribution is 5.99. The predicted molar refractivity (Wildman–Crippen MR) is 93.8 cm³/mol. The highest BCUT2D eigenvalue weighted by Crippen LogP contribution is 2.26. The van der Waals surface area contributed by atoms with Crippen LogP contribution in [0.1, 0.15) is 23.2 Å². The molecule has 1 fully saturated rings. The Morgan fingerprint density at radius 1 is 1.46 bits per heavy atom. The Hall–Kier alpha value is -1.92. The standard InChI is InChI=1S/C17H21FN4O.ClH/c1-19-9-12-5-4-8-22(11-12)17(23)14-10-20-21-16(14)13-6-2-3-7-15(13)18;/h2-3,6-7,10,12,19H,4-5,8-9,11H2,1H3,(H,20,21);1H. The fourth-order valence-electron chi connectivity index (χ4n) is 3.19. The number of hydrogen-bond donors (Lipinski definition) is 2. The number of rotatable bonds is 4. The van der Waals surface area contributed by atoms with E-state index < -0.39 is 0 Å². The molecule has 0 saturated carbocycles. The number of piperidine rings is 1. The normalized spacial score (nSPS) is 17.4. The molecule has 7 heteroatoms. The molecule has 2 heterocycles. The average Bonchev–Trinajstić information content (AvgIpc) is 3.04. The molecular formula is C17H22ClFN4O. The molecule has 1 aromatic carbocycles. The van der Waals surface area contributed by atoms with Gasteiger partial charge in [0.2, 0.25) is 0 Å². The van der Waals surface area contributed by atoms with Crippen LogP contribution in [-0.2, 0) is 0 Å². The van der Waals surface area contributed by atoms with Gasteiger partial charge in [-0.15, -0.1) is 12.4 Å². The van der Waals surface area contributed by atoms with Crippen LogP contribution >= 0.6 is 12.4 Å². The van der Waals surface area contributed by atoms with E-state index in [1.54, 1.807) is 18.2 Å². The van der Waals surface area contributed by atoms with Crippen molar-refractivity contribution in [2.75, 3.05) is 26.7 Å². The van der Waals surface area contributed by atoms with Gasteiger partial charge in [-0.25, -0.2) is 4.39 Å². The Kier molecular flexibility index (Phi) is 6.34. The minimum atomic E-state index is -0.363. The van der Waals surface area contributed by atoms with Crippen molar-refractivity contribution in [2.45, 2.75) is 12.8 Å². The number of benzene rings is 1. The number of likely N-dealkylation sites (tertiary alicyclic amines) is 1. The summed E-state index contributed by atoms with van der Waals surface area (Å²) < 4.78 is 14.0. The molecule has 1 amide bonds. The number of carbonyl (C=O) groups excluding carboxylic acids is 1. The molecule has 0 radical (unpaired) electrons. The van der Waals surface area contributed by atoms with Gasteiger partial charge in [-0.3, -0.25) is 9.89 Å². The molecule has 1 saturated heterocycles. The third-order valence-corrected chi connectivity index (χ3v) is 4.31. The largest absolute Gasteiger partial charge is 0.338 e. The lowest BCUT2D eigenvalue weighted by molar-refractivity contribution is 0.0675. The quantitative estimate of drug-likeness (QED) is 0.889. The van der Waals surface area contributed by atoms with Gasteiger partial charge in [0.1, 0.15) is 5.82 Å². The third kappa shape index (κ3) is 3.76. The van der Waals surface area contributed by atoms with Crippen LogP contribution in [0.4, 0.5) is 4.39 Å². The van der Waals surface area contributed by atoms with Crippen LogP contribution in [0.5, 0.6) is 0 Å².